The lowest BCUT2D eigenvalue weighted by Crippen LogP contribution is -2.29. The molecule has 0 radical (unpaired) electrons. The maximum Gasteiger partial charge on any atom is 0.271 e. The second kappa shape index (κ2) is 8.75. The predicted molar refractivity (Wildman–Crippen MR) is 110 cm³/mol. The lowest BCUT2D eigenvalue weighted by atomic mass is 10.1. The Bertz CT molecular complexity index is 1000. The van der Waals surface area contributed by atoms with E-state index >= 15 is 0 Å². The predicted octanol–water partition coefficient (Wildman–Crippen LogP) is 1.88. The van der Waals surface area contributed by atoms with Crippen LogP contribution in [0.2, 0.25) is 0 Å². The summed E-state index contributed by atoms with van der Waals surface area (Å²) in [6.45, 7) is 3.28. The number of nitrogens with zero attached hydrogens (tertiary/aromatic N) is 2. The minimum atomic E-state index is -3.37. The molecule has 3 rings (SSSR count). The Balaban J connectivity index is 1.97. The Kier molecular flexibility index (Phi) is 6.33. The van der Waals surface area contributed by atoms with Gasteiger partial charge in [-0.25, -0.2) is 18.4 Å². The van der Waals surface area contributed by atoms with Gasteiger partial charge in [0.25, 0.3) is 5.91 Å². The van der Waals surface area contributed by atoms with Gasteiger partial charge in [0.2, 0.25) is 0 Å². The van der Waals surface area contributed by atoms with Crippen molar-refractivity contribution in [2.24, 2.45) is 5.73 Å². The molecule has 0 aliphatic carbocycles. The molecule has 0 atom stereocenters. The maximum absolute atomic E-state index is 12.0. The van der Waals surface area contributed by atoms with E-state index in [9.17, 15) is 13.2 Å². The summed E-state index contributed by atoms with van der Waals surface area (Å²) in [5, 5.41) is 6.38. The van der Waals surface area contributed by atoms with Crippen LogP contribution in [0.1, 0.15) is 35.9 Å². The van der Waals surface area contributed by atoms with Crippen molar-refractivity contribution >= 4 is 33.1 Å². The fraction of sp³-hybridized carbons (Fsp3) is 0.421. The number of hydrogen-bond donors (Lipinski definition) is 3. The van der Waals surface area contributed by atoms with Gasteiger partial charge in [0.05, 0.1) is 10.6 Å². The van der Waals surface area contributed by atoms with Gasteiger partial charge in [-0.2, -0.15) is 0 Å². The van der Waals surface area contributed by atoms with Gasteiger partial charge < -0.3 is 21.1 Å². The number of primary amides is 1. The molecular weight excluding hydrogens is 394 g/mol. The van der Waals surface area contributed by atoms with Crippen molar-refractivity contribution in [1.29, 1.82) is 0 Å². The summed E-state index contributed by atoms with van der Waals surface area (Å²) in [5.74, 6) is 0.0349. The molecule has 1 aliphatic rings. The first-order valence-electron chi connectivity index (χ1n) is 9.40. The average molecular weight is 420 g/mol. The topological polar surface area (TPSA) is 136 Å². The highest BCUT2D eigenvalue weighted by molar-refractivity contribution is 7.90. The smallest absolute Gasteiger partial charge is 0.271 e. The number of carbonyl (C=O) groups excluding carboxylic acids is 1. The van der Waals surface area contributed by atoms with Gasteiger partial charge in [-0.1, -0.05) is 13.0 Å². The first-order chi connectivity index (χ1) is 13.8. The molecule has 1 aromatic heterocycles. The van der Waals surface area contributed by atoms with Crippen LogP contribution in [0, 0.1) is 0 Å². The minimum absolute atomic E-state index is 0.00383. The third kappa shape index (κ3) is 5.21. The average Bonchev–Trinajstić information content (AvgIpc) is 2.68. The Labute approximate surface area is 170 Å². The fourth-order valence-electron chi connectivity index (χ4n) is 3.07. The number of nitrogens with two attached hydrogens (primary N) is 1. The summed E-state index contributed by atoms with van der Waals surface area (Å²) in [6.07, 6.45) is 3.40. The van der Waals surface area contributed by atoms with E-state index in [1.165, 1.54) is 12.1 Å². The van der Waals surface area contributed by atoms with Crippen molar-refractivity contribution < 1.29 is 17.9 Å². The number of carbonyl (C=O) groups is 1. The van der Waals surface area contributed by atoms with E-state index < -0.39 is 15.7 Å². The monoisotopic (exact) mass is 419 g/mol. The van der Waals surface area contributed by atoms with Crippen molar-refractivity contribution in [3.8, 4) is 0 Å². The molecule has 0 saturated carbocycles. The molecule has 1 fully saturated rings. The molecule has 29 heavy (non-hydrogen) atoms. The van der Waals surface area contributed by atoms with Crippen LogP contribution >= 0.6 is 0 Å². The van der Waals surface area contributed by atoms with Crippen LogP contribution in [0.3, 0.4) is 0 Å². The highest BCUT2D eigenvalue weighted by atomic mass is 32.2. The first-order valence-corrected chi connectivity index (χ1v) is 11.3. The molecule has 0 spiro atoms. The zero-order chi connectivity index (χ0) is 21.0. The number of ether oxygens (including phenoxy) is 1. The molecular formula is C19H25N5O4S. The second-order valence-electron chi connectivity index (χ2n) is 6.89. The molecule has 2 aromatic rings. The number of nitrogens with one attached hydrogen (secondary N) is 2. The van der Waals surface area contributed by atoms with Crippen molar-refractivity contribution in [2.45, 2.75) is 37.1 Å². The number of anilines is 3. The number of aromatic nitrogens is 2. The standard InChI is InChI=1S/C19H25N5O4S/c1-3-15-18(21-12-7-9-28-10-8-12)24-19(16(23-15)17(20)25)22-13-5-4-6-14(11-13)29(2,26)27/h4-6,11-12H,3,7-10H2,1-2H3,(H2,20,25)(H2,21,22,24). The zero-order valence-corrected chi connectivity index (χ0v) is 17.3. The number of rotatable bonds is 7. The molecule has 1 saturated heterocycles. The van der Waals surface area contributed by atoms with Crippen molar-refractivity contribution in [2.75, 3.05) is 30.1 Å². The fourth-order valence-corrected chi connectivity index (χ4v) is 3.73. The summed E-state index contributed by atoms with van der Waals surface area (Å²) in [6, 6.07) is 6.46. The summed E-state index contributed by atoms with van der Waals surface area (Å²) in [5.41, 5.74) is 6.62. The van der Waals surface area contributed by atoms with E-state index in [4.69, 9.17) is 10.5 Å². The summed E-state index contributed by atoms with van der Waals surface area (Å²) >= 11 is 0. The number of amides is 1. The van der Waals surface area contributed by atoms with Gasteiger partial charge in [-0.3, -0.25) is 4.79 Å². The Hall–Kier alpha value is -2.72. The quantitative estimate of drug-likeness (QED) is 0.619. The minimum Gasteiger partial charge on any atom is -0.381 e. The normalized spacial score (nSPS) is 15.1. The van der Waals surface area contributed by atoms with Gasteiger partial charge in [-0.05, 0) is 37.5 Å². The molecule has 1 aromatic carbocycles. The first kappa shape index (κ1) is 21.0. The molecule has 1 aliphatic heterocycles. The van der Waals surface area contributed by atoms with Gasteiger partial charge in [0.1, 0.15) is 0 Å². The molecule has 0 bridgehead atoms. The molecule has 10 heteroatoms. The highest BCUT2D eigenvalue weighted by Gasteiger charge is 2.21. The maximum atomic E-state index is 12.0. The van der Waals surface area contributed by atoms with Crippen LogP contribution in [0.15, 0.2) is 29.2 Å². The lowest BCUT2D eigenvalue weighted by molar-refractivity contribution is 0.0903. The molecule has 0 unspecified atom stereocenters. The number of hydrogen-bond acceptors (Lipinski definition) is 8. The van der Waals surface area contributed by atoms with E-state index in [-0.39, 0.29) is 22.4 Å². The van der Waals surface area contributed by atoms with Crippen molar-refractivity contribution in [3.63, 3.8) is 0 Å². The van der Waals surface area contributed by atoms with Crippen LogP contribution < -0.4 is 16.4 Å². The van der Waals surface area contributed by atoms with Crippen LogP contribution in [0.5, 0.6) is 0 Å². The third-order valence-corrected chi connectivity index (χ3v) is 5.73. The molecule has 1 amide bonds. The van der Waals surface area contributed by atoms with E-state index in [2.05, 4.69) is 20.6 Å². The summed E-state index contributed by atoms with van der Waals surface area (Å²) in [4.78, 5) is 21.1. The molecule has 2 heterocycles. The van der Waals surface area contributed by atoms with Crippen molar-refractivity contribution in [3.05, 3.63) is 35.7 Å². The van der Waals surface area contributed by atoms with Gasteiger partial charge in [0.15, 0.2) is 27.2 Å². The van der Waals surface area contributed by atoms with Crippen LogP contribution in [0.25, 0.3) is 0 Å². The van der Waals surface area contributed by atoms with E-state index in [0.29, 0.717) is 36.8 Å². The number of aryl methyl sites for hydroxylation is 1. The number of sulfone groups is 1. The van der Waals surface area contributed by atoms with Crippen molar-refractivity contribution in [1.82, 2.24) is 9.97 Å². The van der Waals surface area contributed by atoms with Crippen LogP contribution in [0.4, 0.5) is 17.3 Å². The summed E-state index contributed by atoms with van der Waals surface area (Å²) < 4.78 is 29.0. The van der Waals surface area contributed by atoms with E-state index in [1.54, 1.807) is 12.1 Å². The van der Waals surface area contributed by atoms with E-state index in [1.807, 2.05) is 6.92 Å². The lowest BCUT2D eigenvalue weighted by Gasteiger charge is -2.25. The zero-order valence-electron chi connectivity index (χ0n) is 16.4. The highest BCUT2D eigenvalue weighted by Crippen LogP contribution is 2.25. The SMILES string of the molecule is CCc1nc(C(N)=O)c(Nc2cccc(S(C)(=O)=O)c2)nc1NC1CCOCC1. The second-order valence-corrected chi connectivity index (χ2v) is 8.91. The third-order valence-electron chi connectivity index (χ3n) is 4.62. The van der Waals surface area contributed by atoms with Gasteiger partial charge >= 0.3 is 0 Å². The molecule has 156 valence electrons. The molecule has 9 nitrogen and oxygen atoms in total. The van der Waals surface area contributed by atoms with Gasteiger partial charge in [-0.15, -0.1) is 0 Å². The van der Waals surface area contributed by atoms with E-state index in [0.717, 1.165) is 19.1 Å². The number of benzene rings is 1. The summed E-state index contributed by atoms with van der Waals surface area (Å²) in [7, 11) is -3.37. The van der Waals surface area contributed by atoms with Crippen LogP contribution in [-0.2, 0) is 21.0 Å². The Morgan fingerprint density at radius 2 is 1.97 bits per heavy atom. The Morgan fingerprint density at radius 3 is 2.59 bits per heavy atom. The molecule has 4 N–H and O–H groups in total. The largest absolute Gasteiger partial charge is 0.381 e. The van der Waals surface area contributed by atoms with Crippen LogP contribution in [-0.4, -0.2) is 49.8 Å². The Morgan fingerprint density at radius 1 is 1.24 bits per heavy atom. The van der Waals surface area contributed by atoms with Gasteiger partial charge in [0, 0.05) is 31.2 Å².